The van der Waals surface area contributed by atoms with Gasteiger partial charge in [-0.2, -0.15) is 0 Å². The summed E-state index contributed by atoms with van der Waals surface area (Å²) < 4.78 is 5.80. The lowest BCUT2D eigenvalue weighted by atomic mass is 9.47. The second kappa shape index (κ2) is 6.90. The zero-order valence-corrected chi connectivity index (χ0v) is 19.3. The number of ether oxygens (including phenoxy) is 1. The van der Waals surface area contributed by atoms with Crippen molar-refractivity contribution in [1.29, 1.82) is 0 Å². The highest BCUT2D eigenvalue weighted by Gasteiger charge is 2.62. The van der Waals surface area contributed by atoms with Gasteiger partial charge in [-0.05, 0) is 69.3 Å². The summed E-state index contributed by atoms with van der Waals surface area (Å²) in [6.45, 7) is 12.0. The van der Waals surface area contributed by atoms with E-state index in [-0.39, 0.29) is 40.8 Å². The Morgan fingerprint density at radius 2 is 1.87 bits per heavy atom. The largest absolute Gasteiger partial charge is 0.451 e. The molecule has 4 rings (SSSR count). The molecule has 2 fully saturated rings. The number of Topliss-reactive ketones (excluding diaryl/α,β-unsaturated/α-hetero) is 1. The molecule has 0 aromatic rings. The van der Waals surface area contributed by atoms with E-state index in [0.29, 0.717) is 17.6 Å². The molecule has 2 saturated carbocycles. The van der Waals surface area contributed by atoms with Gasteiger partial charge in [-0.15, -0.1) is 0 Å². The summed E-state index contributed by atoms with van der Waals surface area (Å²) >= 11 is 0. The van der Waals surface area contributed by atoms with Crippen molar-refractivity contribution in [3.8, 4) is 0 Å². The summed E-state index contributed by atoms with van der Waals surface area (Å²) in [6.07, 6.45) is 9.41. The third-order valence-electron chi connectivity index (χ3n) is 9.64. The van der Waals surface area contributed by atoms with Crippen molar-refractivity contribution in [3.05, 3.63) is 23.3 Å². The van der Waals surface area contributed by atoms with E-state index in [1.807, 2.05) is 0 Å². The molecule has 0 aliphatic heterocycles. The number of fused-ring (bicyclic) bond motifs is 5. The maximum absolute atomic E-state index is 13.1. The van der Waals surface area contributed by atoms with Crippen molar-refractivity contribution in [2.75, 3.05) is 0 Å². The van der Waals surface area contributed by atoms with Crippen LogP contribution in [-0.2, 0) is 19.1 Å². The second-order valence-corrected chi connectivity index (χ2v) is 10.8. The minimum Gasteiger partial charge on any atom is -0.451 e. The minimum absolute atomic E-state index is 0.0449. The lowest BCUT2D eigenvalue weighted by molar-refractivity contribution is -0.174. The molecule has 2 unspecified atom stereocenters. The maximum atomic E-state index is 13.1. The Hall–Kier alpha value is -1.71. The summed E-state index contributed by atoms with van der Waals surface area (Å²) in [6, 6.07) is 0. The topological polar surface area (TPSA) is 60.4 Å². The van der Waals surface area contributed by atoms with E-state index in [0.717, 1.165) is 32.1 Å². The molecule has 0 radical (unpaired) electrons. The Balaban J connectivity index is 1.77. The Kier molecular flexibility index (Phi) is 4.95. The molecule has 0 aromatic carbocycles. The van der Waals surface area contributed by atoms with Crippen molar-refractivity contribution in [2.24, 2.45) is 34.5 Å². The van der Waals surface area contributed by atoms with Crippen molar-refractivity contribution in [1.82, 2.24) is 0 Å². The van der Waals surface area contributed by atoms with Crippen molar-refractivity contribution in [2.45, 2.75) is 85.7 Å². The monoisotopic (exact) mass is 412 g/mol. The summed E-state index contributed by atoms with van der Waals surface area (Å²) in [5, 5.41) is 0. The average molecular weight is 413 g/mol. The normalized spacial score (nSPS) is 44.9. The van der Waals surface area contributed by atoms with Gasteiger partial charge in [0.1, 0.15) is 5.78 Å². The number of carbonyl (C=O) groups is 3. The molecule has 4 nitrogen and oxygen atoms in total. The fourth-order valence-electron chi connectivity index (χ4n) is 7.56. The quantitative estimate of drug-likeness (QED) is 0.471. The molecule has 30 heavy (non-hydrogen) atoms. The first-order valence-corrected chi connectivity index (χ1v) is 11.7. The first-order valence-electron chi connectivity index (χ1n) is 11.7. The predicted octanol–water partition coefficient (Wildman–Crippen LogP) is 5.21. The van der Waals surface area contributed by atoms with Gasteiger partial charge < -0.3 is 4.74 Å². The fourth-order valence-corrected chi connectivity index (χ4v) is 7.56. The Morgan fingerprint density at radius 3 is 2.50 bits per heavy atom. The van der Waals surface area contributed by atoms with Crippen LogP contribution in [0.15, 0.2) is 23.3 Å². The highest BCUT2D eigenvalue weighted by Crippen LogP contribution is 2.66. The molecule has 0 aromatic heterocycles. The second-order valence-electron chi connectivity index (χ2n) is 10.8. The molecule has 164 valence electrons. The van der Waals surface area contributed by atoms with Gasteiger partial charge in [-0.1, -0.05) is 44.9 Å². The highest BCUT2D eigenvalue weighted by molar-refractivity contribution is 6.00. The zero-order chi connectivity index (χ0) is 22.1. The smallest absolute Gasteiger partial charge is 0.306 e. The minimum atomic E-state index is -1.13. The molecular formula is C26H36O4. The molecular weight excluding hydrogens is 376 g/mol. The van der Waals surface area contributed by atoms with Crippen LogP contribution in [0.5, 0.6) is 0 Å². The molecule has 0 saturated heterocycles. The third kappa shape index (κ3) is 2.67. The Labute approximate surface area is 180 Å². The van der Waals surface area contributed by atoms with E-state index < -0.39 is 5.60 Å². The van der Waals surface area contributed by atoms with Crippen LogP contribution in [0, 0.1) is 34.5 Å². The van der Waals surface area contributed by atoms with E-state index in [4.69, 9.17) is 4.74 Å². The number of allylic oxidation sites excluding steroid dienone is 3. The van der Waals surface area contributed by atoms with Crippen LogP contribution in [0.25, 0.3) is 0 Å². The van der Waals surface area contributed by atoms with Crippen LogP contribution in [0.1, 0.15) is 80.1 Å². The Bertz CT molecular complexity index is 866. The Morgan fingerprint density at radius 1 is 1.17 bits per heavy atom. The zero-order valence-electron chi connectivity index (χ0n) is 19.3. The molecule has 4 aliphatic rings. The van der Waals surface area contributed by atoms with Gasteiger partial charge in [0, 0.05) is 23.7 Å². The number of carbonyl (C=O) groups excluding carboxylic acids is 3. The van der Waals surface area contributed by atoms with E-state index in [9.17, 15) is 14.4 Å². The van der Waals surface area contributed by atoms with Crippen LogP contribution in [0.2, 0.25) is 0 Å². The maximum Gasteiger partial charge on any atom is 0.306 e. The van der Waals surface area contributed by atoms with Crippen molar-refractivity contribution < 1.29 is 19.1 Å². The lowest BCUT2D eigenvalue weighted by Gasteiger charge is -2.58. The van der Waals surface area contributed by atoms with E-state index >= 15 is 0 Å². The lowest BCUT2D eigenvalue weighted by Crippen LogP contribution is -2.58. The van der Waals surface area contributed by atoms with Gasteiger partial charge in [0.15, 0.2) is 11.4 Å². The average Bonchev–Trinajstić information content (AvgIpc) is 3.05. The van der Waals surface area contributed by atoms with Crippen LogP contribution in [-0.4, -0.2) is 23.1 Å². The van der Waals surface area contributed by atoms with Crippen LogP contribution >= 0.6 is 0 Å². The van der Waals surface area contributed by atoms with Gasteiger partial charge in [-0.3, -0.25) is 14.4 Å². The third-order valence-corrected chi connectivity index (χ3v) is 9.64. The van der Waals surface area contributed by atoms with Crippen LogP contribution < -0.4 is 0 Å². The first-order chi connectivity index (χ1) is 14.0. The number of esters is 1. The molecule has 0 N–H and O–H groups in total. The summed E-state index contributed by atoms with van der Waals surface area (Å²) in [7, 11) is 0. The summed E-state index contributed by atoms with van der Waals surface area (Å²) in [5.74, 6) is 0.908. The molecule has 4 heteroatoms. The van der Waals surface area contributed by atoms with Crippen LogP contribution in [0.3, 0.4) is 0 Å². The molecule has 0 amide bonds. The van der Waals surface area contributed by atoms with Crippen molar-refractivity contribution >= 4 is 17.5 Å². The predicted molar refractivity (Wildman–Crippen MR) is 116 cm³/mol. The van der Waals surface area contributed by atoms with Crippen molar-refractivity contribution in [3.63, 3.8) is 0 Å². The standard InChI is InChI=1S/C26H36O4/c1-7-23(29)30-26(6)16(3)25(5)17(14-22(26)28)8-9-18-20-11-10-19(15(2)27)24(20,4)13-12-21(18)25/h12,14,16,18-20H,7-11,13H2,1-6H3/t16?,18-,19+,20-,24+,25-,26?/m0/s1. The van der Waals surface area contributed by atoms with Gasteiger partial charge in [0.2, 0.25) is 0 Å². The van der Waals surface area contributed by atoms with Gasteiger partial charge in [-0.25, -0.2) is 0 Å². The van der Waals surface area contributed by atoms with E-state index in [2.05, 4.69) is 26.8 Å². The molecule has 7 atom stereocenters. The van der Waals surface area contributed by atoms with E-state index in [1.54, 1.807) is 26.8 Å². The number of ketones is 2. The van der Waals surface area contributed by atoms with E-state index in [1.165, 1.54) is 11.1 Å². The molecule has 0 spiro atoms. The summed E-state index contributed by atoms with van der Waals surface area (Å²) in [4.78, 5) is 37.6. The van der Waals surface area contributed by atoms with Crippen LogP contribution in [0.4, 0.5) is 0 Å². The number of hydrogen-bond donors (Lipinski definition) is 0. The number of rotatable bonds is 3. The SMILES string of the molecule is CCC(=O)OC1(C)C(=O)C=C2CC[C@@H]3C(=CC[C@]4(C)[C@@H](C(C)=O)CC[C@@H]34)[C@@]2(C)C1C. The first kappa shape index (κ1) is 21.5. The number of hydrogen-bond acceptors (Lipinski definition) is 4. The van der Waals surface area contributed by atoms with Gasteiger partial charge in [0.25, 0.3) is 0 Å². The highest BCUT2D eigenvalue weighted by atomic mass is 16.6. The molecule has 0 heterocycles. The fraction of sp³-hybridized carbons (Fsp3) is 0.731. The molecule has 0 bridgehead atoms. The van der Waals surface area contributed by atoms with Gasteiger partial charge in [0.05, 0.1) is 0 Å². The molecule has 4 aliphatic carbocycles. The summed E-state index contributed by atoms with van der Waals surface area (Å²) in [5.41, 5.74) is 1.24. The van der Waals surface area contributed by atoms with Gasteiger partial charge >= 0.3 is 5.97 Å².